The molecule has 0 unspecified atom stereocenters. The van der Waals surface area contributed by atoms with Gasteiger partial charge in [0.05, 0.1) is 7.11 Å². The maximum Gasteiger partial charge on any atom is 0.272 e. The minimum atomic E-state index is -0.0696. The maximum atomic E-state index is 13.1. The van der Waals surface area contributed by atoms with Crippen LogP contribution in [0, 0.1) is 0 Å². The molecular formula is C31H38N4O4. The Labute approximate surface area is 230 Å². The summed E-state index contributed by atoms with van der Waals surface area (Å²) in [6, 6.07) is 18.1. The molecule has 1 aromatic heterocycles. The third kappa shape index (κ3) is 6.88. The summed E-state index contributed by atoms with van der Waals surface area (Å²) in [6.45, 7) is 9.49. The van der Waals surface area contributed by atoms with E-state index in [-0.39, 0.29) is 11.8 Å². The number of benzene rings is 2. The minimum Gasteiger partial charge on any atom is -0.493 e. The van der Waals surface area contributed by atoms with E-state index in [0.717, 1.165) is 50.3 Å². The summed E-state index contributed by atoms with van der Waals surface area (Å²) in [4.78, 5) is 21.6. The van der Waals surface area contributed by atoms with Gasteiger partial charge >= 0.3 is 0 Å². The second-order valence-electron chi connectivity index (χ2n) is 10.1. The van der Waals surface area contributed by atoms with Crippen molar-refractivity contribution in [3.63, 3.8) is 0 Å². The lowest BCUT2D eigenvalue weighted by atomic mass is 9.91. The zero-order valence-electron chi connectivity index (χ0n) is 22.9. The Balaban J connectivity index is 1.12. The number of carbonyl (C=O) groups is 1. The smallest absolute Gasteiger partial charge is 0.272 e. The van der Waals surface area contributed by atoms with Crippen LogP contribution in [0.15, 0.2) is 60.8 Å². The molecule has 2 aliphatic heterocycles. The lowest BCUT2D eigenvalue weighted by molar-refractivity contribution is 0.0595. The molecule has 0 aliphatic carbocycles. The highest BCUT2D eigenvalue weighted by atomic mass is 16.5. The third-order valence-electron chi connectivity index (χ3n) is 7.49. The van der Waals surface area contributed by atoms with Crippen molar-refractivity contribution in [2.75, 3.05) is 59.5 Å². The second kappa shape index (κ2) is 13.0. The molecule has 3 aromatic rings. The molecule has 2 aliphatic rings. The van der Waals surface area contributed by atoms with E-state index in [1.54, 1.807) is 19.4 Å². The number of piperazine rings is 1. The van der Waals surface area contributed by atoms with Crippen molar-refractivity contribution in [1.29, 1.82) is 0 Å². The summed E-state index contributed by atoms with van der Waals surface area (Å²) < 4.78 is 17.6. The Morgan fingerprint density at radius 3 is 2.49 bits per heavy atom. The molecule has 0 atom stereocenters. The van der Waals surface area contributed by atoms with Gasteiger partial charge < -0.3 is 24.4 Å². The van der Waals surface area contributed by atoms with Crippen LogP contribution in [0.3, 0.4) is 0 Å². The molecule has 0 bridgehead atoms. The number of methoxy groups -OCH3 is 1. The number of aromatic nitrogens is 1. The van der Waals surface area contributed by atoms with Gasteiger partial charge in [-0.15, -0.1) is 0 Å². The highest BCUT2D eigenvalue weighted by Crippen LogP contribution is 2.35. The van der Waals surface area contributed by atoms with Crippen LogP contribution < -0.4 is 19.5 Å². The number of pyridine rings is 1. The van der Waals surface area contributed by atoms with Crippen molar-refractivity contribution in [2.24, 2.45) is 0 Å². The first-order chi connectivity index (χ1) is 19.1. The number of nitrogens with zero attached hydrogens (tertiary/aromatic N) is 3. The molecule has 0 radical (unpaired) electrons. The molecule has 39 heavy (non-hydrogen) atoms. The van der Waals surface area contributed by atoms with Crippen LogP contribution in [0.25, 0.3) is 0 Å². The number of aryl methyl sites for hydroxylation is 1. The summed E-state index contributed by atoms with van der Waals surface area (Å²) in [5, 5.41) is 3.35. The van der Waals surface area contributed by atoms with E-state index >= 15 is 0 Å². The highest BCUT2D eigenvalue weighted by molar-refractivity contribution is 5.93. The molecular weight excluding hydrogens is 492 g/mol. The second-order valence-corrected chi connectivity index (χ2v) is 10.1. The SMILES string of the molecule is CCc1ccc(COc2ccc(C3CN(C(=O)c4cc(OCCN5CCNCC5)ccn4)C3)cc2OC)cc1. The summed E-state index contributed by atoms with van der Waals surface area (Å²) in [5.41, 5.74) is 3.98. The predicted octanol–water partition coefficient (Wildman–Crippen LogP) is 3.76. The fraction of sp³-hybridized carbons (Fsp3) is 0.419. The molecule has 2 aromatic carbocycles. The minimum absolute atomic E-state index is 0.0696. The first-order valence-corrected chi connectivity index (χ1v) is 13.8. The quantitative estimate of drug-likeness (QED) is 0.405. The number of carbonyl (C=O) groups excluding carboxylic acids is 1. The fourth-order valence-corrected chi connectivity index (χ4v) is 4.95. The van der Waals surface area contributed by atoms with Crippen LogP contribution in [-0.2, 0) is 13.0 Å². The monoisotopic (exact) mass is 530 g/mol. The van der Waals surface area contributed by atoms with E-state index in [2.05, 4.69) is 52.5 Å². The summed E-state index contributed by atoms with van der Waals surface area (Å²) in [5.74, 6) is 2.28. The van der Waals surface area contributed by atoms with Crippen LogP contribution in [0.4, 0.5) is 0 Å². The Morgan fingerprint density at radius 2 is 1.74 bits per heavy atom. The number of nitrogens with one attached hydrogen (secondary N) is 1. The standard InChI is InChI=1S/C31H38N4O4/c1-3-23-4-6-24(7-5-23)22-39-29-9-8-25(18-30(29)37-2)26-20-35(21-26)31(36)28-19-27(10-11-33-28)38-17-16-34-14-12-32-13-15-34/h4-11,18-19,26,32H,3,12-17,20-22H2,1-2H3. The molecule has 2 saturated heterocycles. The summed E-state index contributed by atoms with van der Waals surface area (Å²) >= 11 is 0. The average Bonchev–Trinajstić information content (AvgIpc) is 2.96. The largest absolute Gasteiger partial charge is 0.493 e. The van der Waals surface area contributed by atoms with Gasteiger partial charge in [0.25, 0.3) is 5.91 Å². The van der Waals surface area contributed by atoms with Crippen molar-refractivity contribution in [3.05, 3.63) is 83.2 Å². The van der Waals surface area contributed by atoms with Crippen LogP contribution in [0.2, 0.25) is 0 Å². The molecule has 3 heterocycles. The molecule has 5 rings (SSSR count). The zero-order chi connectivity index (χ0) is 27.0. The Morgan fingerprint density at radius 1 is 0.974 bits per heavy atom. The van der Waals surface area contributed by atoms with Gasteiger partial charge in [-0.2, -0.15) is 0 Å². The van der Waals surface area contributed by atoms with Crippen molar-refractivity contribution in [2.45, 2.75) is 25.9 Å². The van der Waals surface area contributed by atoms with E-state index in [1.165, 1.54) is 5.56 Å². The van der Waals surface area contributed by atoms with E-state index in [9.17, 15) is 4.79 Å². The third-order valence-corrected chi connectivity index (χ3v) is 7.49. The lowest BCUT2D eigenvalue weighted by Crippen LogP contribution is -2.48. The van der Waals surface area contributed by atoms with Crippen LogP contribution >= 0.6 is 0 Å². The van der Waals surface area contributed by atoms with Gasteiger partial charge in [0, 0.05) is 64.0 Å². The Hall–Kier alpha value is -3.62. The van der Waals surface area contributed by atoms with Gasteiger partial charge in [0.2, 0.25) is 0 Å². The topological polar surface area (TPSA) is 76.2 Å². The molecule has 0 saturated carbocycles. The molecule has 8 heteroatoms. The molecule has 206 valence electrons. The van der Waals surface area contributed by atoms with Crippen molar-refractivity contribution in [3.8, 4) is 17.2 Å². The van der Waals surface area contributed by atoms with Crippen LogP contribution in [0.5, 0.6) is 17.2 Å². The van der Waals surface area contributed by atoms with E-state index in [4.69, 9.17) is 14.2 Å². The molecule has 2 fully saturated rings. The van der Waals surface area contributed by atoms with E-state index < -0.39 is 0 Å². The molecule has 0 spiro atoms. The van der Waals surface area contributed by atoms with Gasteiger partial charge in [-0.25, -0.2) is 0 Å². The molecule has 8 nitrogen and oxygen atoms in total. The van der Waals surface area contributed by atoms with Gasteiger partial charge in [0.15, 0.2) is 11.5 Å². The number of hydrogen-bond donors (Lipinski definition) is 1. The number of ether oxygens (including phenoxy) is 3. The summed E-state index contributed by atoms with van der Waals surface area (Å²) in [7, 11) is 1.66. The number of hydrogen-bond acceptors (Lipinski definition) is 7. The number of rotatable bonds is 11. The number of amides is 1. The van der Waals surface area contributed by atoms with Gasteiger partial charge in [-0.3, -0.25) is 14.7 Å². The Kier molecular flexibility index (Phi) is 8.96. The summed E-state index contributed by atoms with van der Waals surface area (Å²) in [6.07, 6.45) is 2.67. The van der Waals surface area contributed by atoms with E-state index in [0.29, 0.717) is 49.2 Å². The first kappa shape index (κ1) is 27.0. The molecule has 1 amide bonds. The number of likely N-dealkylation sites (tertiary alicyclic amines) is 1. The lowest BCUT2D eigenvalue weighted by Gasteiger charge is -2.39. The van der Waals surface area contributed by atoms with Crippen molar-refractivity contribution < 1.29 is 19.0 Å². The first-order valence-electron chi connectivity index (χ1n) is 13.8. The van der Waals surface area contributed by atoms with Crippen LogP contribution in [0.1, 0.15) is 40.0 Å². The predicted molar refractivity (Wildman–Crippen MR) is 151 cm³/mol. The van der Waals surface area contributed by atoms with Gasteiger partial charge in [-0.05, 0) is 41.3 Å². The molecule has 1 N–H and O–H groups in total. The van der Waals surface area contributed by atoms with Gasteiger partial charge in [-0.1, -0.05) is 37.3 Å². The van der Waals surface area contributed by atoms with Crippen molar-refractivity contribution >= 4 is 5.91 Å². The average molecular weight is 531 g/mol. The zero-order valence-corrected chi connectivity index (χ0v) is 22.9. The Bertz CT molecular complexity index is 1240. The maximum absolute atomic E-state index is 13.1. The highest BCUT2D eigenvalue weighted by Gasteiger charge is 2.33. The van der Waals surface area contributed by atoms with E-state index in [1.807, 2.05) is 23.1 Å². The fourth-order valence-electron chi connectivity index (χ4n) is 4.95. The van der Waals surface area contributed by atoms with Crippen molar-refractivity contribution in [1.82, 2.24) is 20.1 Å². The van der Waals surface area contributed by atoms with Gasteiger partial charge in [0.1, 0.15) is 24.7 Å². The van der Waals surface area contributed by atoms with Crippen LogP contribution in [-0.4, -0.2) is 80.2 Å². The normalized spacial score (nSPS) is 16.0.